The monoisotopic (exact) mass is 449 g/mol. The van der Waals surface area contributed by atoms with E-state index >= 15 is 0 Å². The van der Waals surface area contributed by atoms with E-state index in [1.165, 1.54) is 13.2 Å². The maximum Gasteiger partial charge on any atom is 0.293 e. The van der Waals surface area contributed by atoms with Crippen LogP contribution in [0.2, 0.25) is 10.3 Å². The van der Waals surface area contributed by atoms with Crippen molar-refractivity contribution in [2.45, 2.75) is 13.0 Å². The number of benzene rings is 1. The van der Waals surface area contributed by atoms with Crippen LogP contribution >= 0.6 is 23.2 Å². The standard InChI is InChI=1S/C19H17Cl2N5O4/c1-9-7-29-13-5-11(24-17-12(20)6-23-19(21)25-17)3-10-4-14(30-8-15(27)22-2)18(28)26(9)16(10)13/h3-6,9H,7-8H2,1-2H3,(H,22,27)(H,23,24,25)/t9-/m1/s1. The average molecular weight is 450 g/mol. The molecule has 1 atom stereocenters. The highest BCUT2D eigenvalue weighted by Crippen LogP contribution is 2.37. The van der Waals surface area contributed by atoms with E-state index in [4.69, 9.17) is 32.7 Å². The van der Waals surface area contributed by atoms with Crippen molar-refractivity contribution in [3.63, 3.8) is 0 Å². The molecule has 11 heteroatoms. The van der Waals surface area contributed by atoms with E-state index in [0.717, 1.165) is 0 Å². The lowest BCUT2D eigenvalue weighted by molar-refractivity contribution is -0.122. The van der Waals surface area contributed by atoms with Gasteiger partial charge in [0, 0.05) is 24.2 Å². The molecule has 9 nitrogen and oxygen atoms in total. The lowest BCUT2D eigenvalue weighted by atomic mass is 10.1. The highest BCUT2D eigenvalue weighted by Gasteiger charge is 2.24. The fourth-order valence-electron chi connectivity index (χ4n) is 3.20. The van der Waals surface area contributed by atoms with E-state index in [-0.39, 0.29) is 35.1 Å². The summed E-state index contributed by atoms with van der Waals surface area (Å²) in [6.45, 7) is 1.92. The lowest BCUT2D eigenvalue weighted by Crippen LogP contribution is -2.33. The summed E-state index contributed by atoms with van der Waals surface area (Å²) in [4.78, 5) is 32.4. The molecule has 0 spiro atoms. The Morgan fingerprint density at radius 1 is 1.37 bits per heavy atom. The molecule has 3 aromatic rings. The third-order valence-corrected chi connectivity index (χ3v) is 5.06. The van der Waals surface area contributed by atoms with Crippen LogP contribution in [0.4, 0.5) is 11.5 Å². The number of pyridine rings is 1. The van der Waals surface area contributed by atoms with E-state index in [1.54, 1.807) is 22.8 Å². The number of amides is 1. The summed E-state index contributed by atoms with van der Waals surface area (Å²) in [5, 5.41) is 6.57. The molecule has 2 aromatic heterocycles. The maximum absolute atomic E-state index is 13.0. The third kappa shape index (κ3) is 3.73. The average Bonchev–Trinajstić information content (AvgIpc) is 2.72. The Morgan fingerprint density at radius 3 is 2.93 bits per heavy atom. The number of anilines is 2. The van der Waals surface area contributed by atoms with Crippen molar-refractivity contribution < 1.29 is 14.3 Å². The summed E-state index contributed by atoms with van der Waals surface area (Å²) in [6.07, 6.45) is 1.39. The lowest BCUT2D eigenvalue weighted by Gasteiger charge is -2.27. The van der Waals surface area contributed by atoms with Crippen molar-refractivity contribution in [3.8, 4) is 11.5 Å². The van der Waals surface area contributed by atoms with Crippen LogP contribution in [0.1, 0.15) is 13.0 Å². The van der Waals surface area contributed by atoms with Crippen LogP contribution in [0.25, 0.3) is 10.9 Å². The molecule has 0 aliphatic carbocycles. The molecule has 0 bridgehead atoms. The Balaban J connectivity index is 1.82. The first-order chi connectivity index (χ1) is 14.4. The number of nitrogens with one attached hydrogen (secondary N) is 2. The fraction of sp³-hybridized carbons (Fsp3) is 0.263. The summed E-state index contributed by atoms with van der Waals surface area (Å²) < 4.78 is 13.0. The Kier molecular flexibility index (Phi) is 5.40. The predicted molar refractivity (Wildman–Crippen MR) is 113 cm³/mol. The van der Waals surface area contributed by atoms with Gasteiger partial charge in [0.15, 0.2) is 18.2 Å². The van der Waals surface area contributed by atoms with Gasteiger partial charge in [0.05, 0.1) is 17.8 Å². The van der Waals surface area contributed by atoms with E-state index in [0.29, 0.717) is 39.8 Å². The van der Waals surface area contributed by atoms with Crippen molar-refractivity contribution in [2.75, 3.05) is 25.6 Å². The van der Waals surface area contributed by atoms with Crippen LogP contribution in [-0.2, 0) is 4.79 Å². The highest BCUT2D eigenvalue weighted by molar-refractivity contribution is 6.33. The first kappa shape index (κ1) is 20.2. The van der Waals surface area contributed by atoms with Crippen LogP contribution in [-0.4, -0.2) is 40.7 Å². The molecule has 1 amide bonds. The van der Waals surface area contributed by atoms with Gasteiger partial charge in [-0.2, -0.15) is 4.98 Å². The van der Waals surface area contributed by atoms with Gasteiger partial charge in [0.1, 0.15) is 17.4 Å². The van der Waals surface area contributed by atoms with Gasteiger partial charge < -0.3 is 20.1 Å². The molecule has 4 rings (SSSR count). The molecule has 156 valence electrons. The van der Waals surface area contributed by atoms with Crippen LogP contribution in [0, 0.1) is 0 Å². The van der Waals surface area contributed by atoms with Gasteiger partial charge in [-0.25, -0.2) is 4.98 Å². The summed E-state index contributed by atoms with van der Waals surface area (Å²) in [7, 11) is 1.50. The largest absolute Gasteiger partial charge is 0.489 e. The number of hydrogen-bond donors (Lipinski definition) is 2. The van der Waals surface area contributed by atoms with Gasteiger partial charge in [-0.1, -0.05) is 11.6 Å². The summed E-state index contributed by atoms with van der Waals surface area (Å²) in [6, 6.07) is 4.93. The molecule has 0 saturated heterocycles. The number of ether oxygens (including phenoxy) is 2. The molecule has 1 aromatic carbocycles. The molecular weight excluding hydrogens is 433 g/mol. The number of nitrogens with zero attached hydrogens (tertiary/aromatic N) is 3. The Labute approximate surface area is 180 Å². The first-order valence-corrected chi connectivity index (χ1v) is 9.77. The topological polar surface area (TPSA) is 107 Å². The minimum absolute atomic E-state index is 0.0489. The predicted octanol–water partition coefficient (Wildman–Crippen LogP) is 2.92. The molecular formula is C19H17Cl2N5O4. The molecule has 1 aliphatic rings. The molecule has 0 radical (unpaired) electrons. The van der Waals surface area contributed by atoms with Crippen molar-refractivity contribution in [2.24, 2.45) is 0 Å². The second-order valence-electron chi connectivity index (χ2n) is 6.68. The van der Waals surface area contributed by atoms with E-state index in [2.05, 4.69) is 20.6 Å². The molecule has 2 N–H and O–H groups in total. The second-order valence-corrected chi connectivity index (χ2v) is 7.42. The molecule has 30 heavy (non-hydrogen) atoms. The van der Waals surface area contributed by atoms with Gasteiger partial charge >= 0.3 is 0 Å². The zero-order valence-electron chi connectivity index (χ0n) is 16.0. The fourth-order valence-corrected chi connectivity index (χ4v) is 3.47. The van der Waals surface area contributed by atoms with Crippen molar-refractivity contribution >= 4 is 51.5 Å². The van der Waals surface area contributed by atoms with Gasteiger partial charge in [-0.15, -0.1) is 0 Å². The van der Waals surface area contributed by atoms with Crippen molar-refractivity contribution in [1.29, 1.82) is 0 Å². The number of likely N-dealkylation sites (N-methyl/N-ethyl adjacent to an activating group) is 1. The van der Waals surface area contributed by atoms with Crippen LogP contribution in [0.15, 0.2) is 29.2 Å². The summed E-state index contributed by atoms with van der Waals surface area (Å²) >= 11 is 12.0. The van der Waals surface area contributed by atoms with Crippen LogP contribution < -0.4 is 25.7 Å². The minimum atomic E-state index is -0.337. The molecule has 1 aliphatic heterocycles. The molecule has 3 heterocycles. The maximum atomic E-state index is 13.0. The van der Waals surface area contributed by atoms with E-state index < -0.39 is 0 Å². The van der Waals surface area contributed by atoms with Crippen LogP contribution in [0.3, 0.4) is 0 Å². The summed E-state index contributed by atoms with van der Waals surface area (Å²) in [5.74, 6) is 0.595. The first-order valence-electron chi connectivity index (χ1n) is 9.02. The number of aromatic nitrogens is 3. The normalized spacial score (nSPS) is 14.9. The quantitative estimate of drug-likeness (QED) is 0.576. The van der Waals surface area contributed by atoms with Gasteiger partial charge in [0.25, 0.3) is 11.5 Å². The number of carbonyl (C=O) groups is 1. The number of halogens is 2. The van der Waals surface area contributed by atoms with Gasteiger partial charge in [-0.3, -0.25) is 14.2 Å². The minimum Gasteiger partial charge on any atom is -0.489 e. The zero-order valence-corrected chi connectivity index (χ0v) is 17.5. The van der Waals surface area contributed by atoms with Gasteiger partial charge in [0.2, 0.25) is 5.28 Å². The zero-order chi connectivity index (χ0) is 21.4. The van der Waals surface area contributed by atoms with Crippen molar-refractivity contribution in [1.82, 2.24) is 19.9 Å². The second kappa shape index (κ2) is 8.00. The van der Waals surface area contributed by atoms with E-state index in [9.17, 15) is 9.59 Å². The number of carbonyl (C=O) groups excluding carboxylic acids is 1. The number of hydrogen-bond acceptors (Lipinski definition) is 7. The molecule has 0 unspecified atom stereocenters. The summed E-state index contributed by atoms with van der Waals surface area (Å²) in [5.41, 5.74) is 0.935. The highest BCUT2D eigenvalue weighted by atomic mass is 35.5. The van der Waals surface area contributed by atoms with Crippen LogP contribution in [0.5, 0.6) is 11.5 Å². The molecule has 0 saturated carbocycles. The van der Waals surface area contributed by atoms with E-state index in [1.807, 2.05) is 6.92 Å². The third-order valence-electron chi connectivity index (χ3n) is 4.60. The Bertz CT molecular complexity index is 1210. The van der Waals surface area contributed by atoms with Gasteiger partial charge in [-0.05, 0) is 30.7 Å². The number of rotatable bonds is 5. The smallest absolute Gasteiger partial charge is 0.293 e. The Morgan fingerprint density at radius 2 is 2.17 bits per heavy atom. The SMILES string of the molecule is CNC(=O)COc1cc2cc(Nc3nc(Cl)ncc3Cl)cc3c2n(c1=O)[C@H](C)CO3. The Hall–Kier alpha value is -3.04. The molecule has 0 fully saturated rings. The van der Waals surface area contributed by atoms with Crippen molar-refractivity contribution in [3.05, 3.63) is 45.1 Å².